The zero-order chi connectivity index (χ0) is 8.72. The molecule has 70 valence electrons. The van der Waals surface area contributed by atoms with E-state index >= 15 is 0 Å². The van der Waals surface area contributed by atoms with E-state index in [4.69, 9.17) is 14.6 Å². The average molecular weight is 174 g/mol. The molecular weight excluding hydrogens is 160 g/mol. The van der Waals surface area contributed by atoms with E-state index in [0.717, 1.165) is 6.42 Å². The summed E-state index contributed by atoms with van der Waals surface area (Å²) in [6.45, 7) is 1.83. The van der Waals surface area contributed by atoms with Gasteiger partial charge in [0.05, 0.1) is 18.8 Å². The highest BCUT2D eigenvalue weighted by molar-refractivity contribution is 4.96. The van der Waals surface area contributed by atoms with Gasteiger partial charge in [0.2, 0.25) is 0 Å². The number of hydrogen-bond donors (Lipinski definition) is 2. The Hall–Kier alpha value is -0.160. The fraction of sp³-hybridized carbons (Fsp3) is 1.00. The molecule has 0 bridgehead atoms. The van der Waals surface area contributed by atoms with Crippen LogP contribution in [0.25, 0.3) is 0 Å². The van der Waals surface area contributed by atoms with Crippen LogP contribution in [-0.2, 0) is 9.47 Å². The summed E-state index contributed by atoms with van der Waals surface area (Å²) in [6, 6.07) is 0. The van der Waals surface area contributed by atoms with Gasteiger partial charge in [0, 0.05) is 6.42 Å². The molecule has 2 aliphatic heterocycles. The normalized spacial score (nSPS) is 52.8. The summed E-state index contributed by atoms with van der Waals surface area (Å²) in [4.78, 5) is 0. The van der Waals surface area contributed by atoms with E-state index in [1.165, 1.54) is 0 Å². The lowest BCUT2D eigenvalue weighted by atomic mass is 10.1. The summed E-state index contributed by atoms with van der Waals surface area (Å²) >= 11 is 0. The maximum absolute atomic E-state index is 9.57. The Morgan fingerprint density at radius 1 is 1.42 bits per heavy atom. The van der Waals surface area contributed by atoms with E-state index in [9.17, 15) is 5.11 Å². The highest BCUT2D eigenvalue weighted by atomic mass is 16.6. The maximum Gasteiger partial charge on any atom is 0.113 e. The second-order valence-electron chi connectivity index (χ2n) is 3.53. The third-order valence-corrected chi connectivity index (χ3v) is 2.57. The minimum absolute atomic E-state index is 0.0212. The van der Waals surface area contributed by atoms with Crippen LogP contribution in [0.2, 0.25) is 0 Å². The van der Waals surface area contributed by atoms with Gasteiger partial charge in [-0.05, 0) is 6.92 Å². The van der Waals surface area contributed by atoms with Gasteiger partial charge in [-0.15, -0.1) is 0 Å². The molecular formula is C8H14O4. The molecule has 0 spiro atoms. The topological polar surface area (TPSA) is 58.9 Å². The van der Waals surface area contributed by atoms with Crippen LogP contribution >= 0.6 is 0 Å². The van der Waals surface area contributed by atoms with Gasteiger partial charge in [0.15, 0.2) is 0 Å². The smallest absolute Gasteiger partial charge is 0.113 e. The molecule has 2 fully saturated rings. The predicted molar refractivity (Wildman–Crippen MR) is 40.7 cm³/mol. The summed E-state index contributed by atoms with van der Waals surface area (Å²) in [5, 5.41) is 18.4. The third kappa shape index (κ3) is 1.15. The zero-order valence-corrected chi connectivity index (χ0v) is 7.01. The molecule has 2 rings (SSSR count). The van der Waals surface area contributed by atoms with Crippen LogP contribution in [0.3, 0.4) is 0 Å². The molecule has 0 amide bonds. The van der Waals surface area contributed by atoms with Crippen molar-refractivity contribution >= 4 is 0 Å². The van der Waals surface area contributed by atoms with Crippen LogP contribution in [0.1, 0.15) is 13.3 Å². The van der Waals surface area contributed by atoms with Gasteiger partial charge in [-0.2, -0.15) is 0 Å². The first-order valence-corrected chi connectivity index (χ1v) is 4.32. The first-order valence-electron chi connectivity index (χ1n) is 4.32. The third-order valence-electron chi connectivity index (χ3n) is 2.57. The molecule has 0 aromatic carbocycles. The predicted octanol–water partition coefficient (Wildman–Crippen LogP) is -0.716. The van der Waals surface area contributed by atoms with Crippen LogP contribution in [-0.4, -0.2) is 47.3 Å². The Morgan fingerprint density at radius 2 is 2.17 bits per heavy atom. The van der Waals surface area contributed by atoms with Crippen LogP contribution in [0.5, 0.6) is 0 Å². The van der Waals surface area contributed by atoms with E-state index in [0.29, 0.717) is 0 Å². The van der Waals surface area contributed by atoms with Crippen molar-refractivity contribution in [2.75, 3.05) is 6.61 Å². The molecule has 12 heavy (non-hydrogen) atoms. The Morgan fingerprint density at radius 3 is 2.75 bits per heavy atom. The average Bonchev–Trinajstić information content (AvgIpc) is 2.51. The van der Waals surface area contributed by atoms with Gasteiger partial charge in [-0.25, -0.2) is 0 Å². The van der Waals surface area contributed by atoms with E-state index in [1.54, 1.807) is 0 Å². The standard InChI is InChI=1S/C8H14O4/c1-4-2-5-8(11-4)7(10)6(3-9)12-5/h4-10H,2-3H2,1H3. The fourth-order valence-electron chi connectivity index (χ4n) is 1.97. The SMILES string of the molecule is CC1CC2OC(CO)C(O)C2O1. The molecule has 0 aromatic rings. The first-order chi connectivity index (χ1) is 5.72. The van der Waals surface area contributed by atoms with E-state index in [2.05, 4.69) is 0 Å². The summed E-state index contributed by atoms with van der Waals surface area (Å²) in [6.07, 6.45) is -0.380. The van der Waals surface area contributed by atoms with Gasteiger partial charge < -0.3 is 19.7 Å². The number of aliphatic hydroxyl groups excluding tert-OH is 2. The Bertz CT molecular complexity index is 170. The largest absolute Gasteiger partial charge is 0.394 e. The van der Waals surface area contributed by atoms with Crippen molar-refractivity contribution in [1.29, 1.82) is 0 Å². The molecule has 5 unspecified atom stereocenters. The Labute approximate surface area is 71.1 Å². The van der Waals surface area contributed by atoms with Crippen molar-refractivity contribution in [3.05, 3.63) is 0 Å². The molecule has 0 radical (unpaired) electrons. The van der Waals surface area contributed by atoms with E-state index in [-0.39, 0.29) is 24.9 Å². The summed E-state index contributed by atoms with van der Waals surface area (Å²) in [5.41, 5.74) is 0. The van der Waals surface area contributed by atoms with Crippen molar-refractivity contribution < 1.29 is 19.7 Å². The van der Waals surface area contributed by atoms with E-state index < -0.39 is 12.2 Å². The van der Waals surface area contributed by atoms with E-state index in [1.807, 2.05) is 6.92 Å². The van der Waals surface area contributed by atoms with Crippen LogP contribution in [0.15, 0.2) is 0 Å². The van der Waals surface area contributed by atoms with Crippen molar-refractivity contribution in [2.24, 2.45) is 0 Å². The highest BCUT2D eigenvalue weighted by Gasteiger charge is 2.48. The summed E-state index contributed by atoms with van der Waals surface area (Å²) < 4.78 is 10.8. The Kier molecular flexibility index (Phi) is 2.08. The molecule has 2 saturated heterocycles. The van der Waals surface area contributed by atoms with Gasteiger partial charge in [0.25, 0.3) is 0 Å². The van der Waals surface area contributed by atoms with Crippen molar-refractivity contribution in [3.63, 3.8) is 0 Å². The zero-order valence-electron chi connectivity index (χ0n) is 7.01. The lowest BCUT2D eigenvalue weighted by Gasteiger charge is -2.15. The molecule has 2 heterocycles. The highest BCUT2D eigenvalue weighted by Crippen LogP contribution is 2.33. The molecule has 2 aliphatic rings. The summed E-state index contributed by atoms with van der Waals surface area (Å²) in [5.74, 6) is 0. The minimum Gasteiger partial charge on any atom is -0.394 e. The van der Waals surface area contributed by atoms with Crippen molar-refractivity contribution in [3.8, 4) is 0 Å². The number of hydrogen-bond acceptors (Lipinski definition) is 4. The number of fused-ring (bicyclic) bond motifs is 1. The molecule has 4 nitrogen and oxygen atoms in total. The van der Waals surface area contributed by atoms with Crippen molar-refractivity contribution in [2.45, 2.75) is 43.9 Å². The van der Waals surface area contributed by atoms with Crippen LogP contribution in [0, 0.1) is 0 Å². The second-order valence-corrected chi connectivity index (χ2v) is 3.53. The van der Waals surface area contributed by atoms with Crippen molar-refractivity contribution in [1.82, 2.24) is 0 Å². The lowest BCUT2D eigenvalue weighted by Crippen LogP contribution is -2.33. The molecule has 0 aromatic heterocycles. The number of rotatable bonds is 1. The summed E-state index contributed by atoms with van der Waals surface area (Å²) in [7, 11) is 0. The number of ether oxygens (including phenoxy) is 2. The minimum atomic E-state index is -0.662. The van der Waals surface area contributed by atoms with Crippen LogP contribution in [0.4, 0.5) is 0 Å². The van der Waals surface area contributed by atoms with Gasteiger partial charge in [-0.1, -0.05) is 0 Å². The van der Waals surface area contributed by atoms with Gasteiger partial charge in [0.1, 0.15) is 18.3 Å². The molecule has 0 aliphatic carbocycles. The Balaban J connectivity index is 2.03. The van der Waals surface area contributed by atoms with Crippen LogP contribution < -0.4 is 0 Å². The fourth-order valence-corrected chi connectivity index (χ4v) is 1.97. The van der Waals surface area contributed by atoms with Gasteiger partial charge >= 0.3 is 0 Å². The second kappa shape index (κ2) is 2.96. The molecule has 5 atom stereocenters. The first kappa shape index (κ1) is 8.44. The number of aliphatic hydroxyl groups is 2. The molecule has 0 saturated carbocycles. The maximum atomic E-state index is 9.57. The molecule has 2 N–H and O–H groups in total. The van der Waals surface area contributed by atoms with Gasteiger partial charge in [-0.3, -0.25) is 0 Å². The quantitative estimate of drug-likeness (QED) is 0.551. The molecule has 4 heteroatoms. The lowest BCUT2D eigenvalue weighted by molar-refractivity contribution is -0.0485. The monoisotopic (exact) mass is 174 g/mol.